The third kappa shape index (κ3) is 2.98. The minimum atomic E-state index is -0.372. The Kier molecular flexibility index (Phi) is 2.65. The largest absolute Gasteiger partial charge is 0.459 e. The van der Waals surface area contributed by atoms with Crippen LogP contribution in [0, 0.1) is 0 Å². The summed E-state index contributed by atoms with van der Waals surface area (Å²) in [7, 11) is 0. The van der Waals surface area contributed by atoms with Gasteiger partial charge in [0.15, 0.2) is 0 Å². The number of carbonyl (C=O) groups is 1. The van der Waals surface area contributed by atoms with Gasteiger partial charge in [0.2, 0.25) is 0 Å². The zero-order valence-electron chi connectivity index (χ0n) is 10.0. The van der Waals surface area contributed by atoms with Crippen LogP contribution in [-0.2, 0) is 9.53 Å². The Morgan fingerprint density at radius 3 is 2.00 bits per heavy atom. The highest BCUT2D eigenvalue weighted by Gasteiger charge is 2.48. The molecule has 1 aliphatic heterocycles. The molecule has 1 aliphatic rings. The van der Waals surface area contributed by atoms with E-state index in [9.17, 15) is 4.79 Å². The Bertz CT molecular complexity index is 235. The van der Waals surface area contributed by atoms with Gasteiger partial charge in [0.1, 0.15) is 11.6 Å². The average molecular weight is 199 g/mol. The van der Waals surface area contributed by atoms with Gasteiger partial charge in [-0.1, -0.05) is 0 Å². The third-order valence-electron chi connectivity index (χ3n) is 2.15. The molecule has 0 aromatic heterocycles. The van der Waals surface area contributed by atoms with Crippen LogP contribution in [0.2, 0.25) is 0 Å². The summed E-state index contributed by atoms with van der Waals surface area (Å²) in [5.41, 5.74) is -0.301. The SMILES string of the molecule is CC(C)(C)OC(=O)C1CN1C(C)(C)C. The molecule has 14 heavy (non-hydrogen) atoms. The van der Waals surface area contributed by atoms with E-state index >= 15 is 0 Å². The Labute approximate surface area is 86.4 Å². The van der Waals surface area contributed by atoms with Crippen LogP contribution in [0.15, 0.2) is 0 Å². The van der Waals surface area contributed by atoms with Crippen LogP contribution < -0.4 is 0 Å². The van der Waals surface area contributed by atoms with Crippen LogP contribution in [0.3, 0.4) is 0 Å². The first-order valence-electron chi connectivity index (χ1n) is 5.11. The average Bonchev–Trinajstić information content (AvgIpc) is 2.55. The zero-order chi connectivity index (χ0) is 11.1. The van der Waals surface area contributed by atoms with E-state index in [2.05, 4.69) is 25.7 Å². The quantitative estimate of drug-likeness (QED) is 0.476. The van der Waals surface area contributed by atoms with Gasteiger partial charge in [0, 0.05) is 12.1 Å². The molecule has 0 aromatic rings. The standard InChI is InChI=1S/C11H21NO2/c1-10(2,3)12-7-8(12)9(13)14-11(4,5)6/h8H,7H2,1-6H3. The smallest absolute Gasteiger partial charge is 0.325 e. The van der Waals surface area contributed by atoms with Crippen LogP contribution in [0.25, 0.3) is 0 Å². The van der Waals surface area contributed by atoms with Crippen molar-refractivity contribution in [1.82, 2.24) is 4.90 Å². The molecule has 0 saturated carbocycles. The van der Waals surface area contributed by atoms with Crippen molar-refractivity contribution in [3.63, 3.8) is 0 Å². The van der Waals surface area contributed by atoms with E-state index < -0.39 is 0 Å². The molecule has 0 spiro atoms. The fourth-order valence-electron chi connectivity index (χ4n) is 1.45. The van der Waals surface area contributed by atoms with Gasteiger partial charge in [-0.05, 0) is 41.5 Å². The molecule has 1 heterocycles. The van der Waals surface area contributed by atoms with Crippen molar-refractivity contribution in [2.24, 2.45) is 0 Å². The minimum absolute atomic E-state index is 0.0192. The lowest BCUT2D eigenvalue weighted by Gasteiger charge is -2.23. The van der Waals surface area contributed by atoms with Gasteiger partial charge in [-0.25, -0.2) is 0 Å². The Morgan fingerprint density at radius 2 is 1.71 bits per heavy atom. The lowest BCUT2D eigenvalue weighted by molar-refractivity contribution is -0.155. The number of hydrogen-bond donors (Lipinski definition) is 0. The summed E-state index contributed by atoms with van der Waals surface area (Å²) in [6.07, 6.45) is 0. The Hall–Kier alpha value is -0.570. The van der Waals surface area contributed by atoms with E-state index in [1.807, 2.05) is 20.8 Å². The van der Waals surface area contributed by atoms with Crippen LogP contribution in [-0.4, -0.2) is 34.6 Å². The first-order chi connectivity index (χ1) is 6.11. The second-order valence-corrected chi connectivity index (χ2v) is 5.87. The van der Waals surface area contributed by atoms with Crippen molar-refractivity contribution < 1.29 is 9.53 Å². The van der Waals surface area contributed by atoms with Gasteiger partial charge in [0.25, 0.3) is 0 Å². The van der Waals surface area contributed by atoms with Crippen LogP contribution >= 0.6 is 0 Å². The monoisotopic (exact) mass is 199 g/mol. The molecule has 1 fully saturated rings. The first kappa shape index (κ1) is 11.5. The number of carbonyl (C=O) groups excluding carboxylic acids is 1. The van der Waals surface area contributed by atoms with Gasteiger partial charge in [-0.2, -0.15) is 0 Å². The molecule has 0 amide bonds. The first-order valence-corrected chi connectivity index (χ1v) is 5.11. The maximum Gasteiger partial charge on any atom is 0.325 e. The van der Waals surface area contributed by atoms with E-state index in [0.29, 0.717) is 0 Å². The molecule has 0 bridgehead atoms. The maximum absolute atomic E-state index is 11.6. The minimum Gasteiger partial charge on any atom is -0.459 e. The molecule has 2 unspecified atom stereocenters. The highest BCUT2D eigenvalue weighted by atomic mass is 16.6. The Morgan fingerprint density at radius 1 is 1.21 bits per heavy atom. The van der Waals surface area contributed by atoms with Crippen molar-refractivity contribution in [2.45, 2.75) is 58.7 Å². The maximum atomic E-state index is 11.6. The van der Waals surface area contributed by atoms with Crippen molar-refractivity contribution in [2.75, 3.05) is 6.54 Å². The number of rotatable bonds is 1. The molecule has 3 heteroatoms. The zero-order valence-corrected chi connectivity index (χ0v) is 10.0. The molecule has 2 atom stereocenters. The fourth-order valence-corrected chi connectivity index (χ4v) is 1.45. The van der Waals surface area contributed by atoms with Crippen LogP contribution in [0.5, 0.6) is 0 Å². The van der Waals surface area contributed by atoms with E-state index in [0.717, 1.165) is 6.54 Å². The van der Waals surface area contributed by atoms with Crippen LogP contribution in [0.4, 0.5) is 0 Å². The summed E-state index contributed by atoms with van der Waals surface area (Å²) in [6.45, 7) is 12.8. The van der Waals surface area contributed by atoms with Gasteiger partial charge >= 0.3 is 5.97 Å². The second-order valence-electron chi connectivity index (χ2n) is 5.87. The summed E-state index contributed by atoms with van der Waals surface area (Å²) < 4.78 is 5.31. The van der Waals surface area contributed by atoms with Crippen molar-refractivity contribution in [3.8, 4) is 0 Å². The highest BCUT2D eigenvalue weighted by Crippen LogP contribution is 2.30. The van der Waals surface area contributed by atoms with E-state index in [4.69, 9.17) is 4.74 Å². The lowest BCUT2D eigenvalue weighted by atomic mass is 10.1. The van der Waals surface area contributed by atoms with Gasteiger partial charge < -0.3 is 4.74 Å². The predicted octanol–water partition coefficient (Wildman–Crippen LogP) is 1.81. The highest BCUT2D eigenvalue weighted by molar-refractivity contribution is 5.79. The van der Waals surface area contributed by atoms with Gasteiger partial charge in [-0.15, -0.1) is 0 Å². The third-order valence-corrected chi connectivity index (χ3v) is 2.15. The van der Waals surface area contributed by atoms with Gasteiger partial charge in [0.05, 0.1) is 0 Å². The van der Waals surface area contributed by atoms with Gasteiger partial charge in [-0.3, -0.25) is 9.69 Å². The molecule has 3 nitrogen and oxygen atoms in total. The molecule has 82 valence electrons. The number of ether oxygens (including phenoxy) is 1. The van der Waals surface area contributed by atoms with Crippen LogP contribution in [0.1, 0.15) is 41.5 Å². The van der Waals surface area contributed by atoms with E-state index in [1.54, 1.807) is 0 Å². The number of esters is 1. The van der Waals surface area contributed by atoms with Crippen molar-refractivity contribution in [3.05, 3.63) is 0 Å². The summed E-state index contributed by atoms with van der Waals surface area (Å²) in [6, 6.07) is -0.0192. The number of hydrogen-bond acceptors (Lipinski definition) is 3. The molecule has 0 N–H and O–H groups in total. The Balaban J connectivity index is 2.45. The molecule has 0 aromatic carbocycles. The lowest BCUT2D eigenvalue weighted by Crippen LogP contribution is -2.33. The summed E-state index contributed by atoms with van der Waals surface area (Å²) in [5.74, 6) is -0.0903. The number of nitrogens with zero attached hydrogens (tertiary/aromatic N) is 1. The van der Waals surface area contributed by atoms with Crippen molar-refractivity contribution >= 4 is 5.97 Å². The van der Waals surface area contributed by atoms with E-state index in [1.165, 1.54) is 0 Å². The predicted molar refractivity (Wildman–Crippen MR) is 56.1 cm³/mol. The summed E-state index contributed by atoms with van der Waals surface area (Å²) >= 11 is 0. The van der Waals surface area contributed by atoms with E-state index in [-0.39, 0.29) is 23.2 Å². The summed E-state index contributed by atoms with van der Waals surface area (Å²) in [4.78, 5) is 13.8. The molecule has 1 saturated heterocycles. The normalized spacial score (nSPS) is 27.3. The molecule has 1 rings (SSSR count). The molecular weight excluding hydrogens is 178 g/mol. The molecule has 0 radical (unpaired) electrons. The molecule has 0 aliphatic carbocycles. The summed E-state index contributed by atoms with van der Waals surface area (Å²) in [5, 5.41) is 0. The van der Waals surface area contributed by atoms with Crippen molar-refractivity contribution in [1.29, 1.82) is 0 Å². The fraction of sp³-hybridized carbons (Fsp3) is 0.909. The topological polar surface area (TPSA) is 29.3 Å². The molecular formula is C11H21NO2. The second kappa shape index (κ2) is 3.23.